The zero-order valence-electron chi connectivity index (χ0n) is 8.34. The number of nitrogens with zero attached hydrogens (tertiary/aromatic N) is 2. The Kier molecular flexibility index (Phi) is 3.55. The van der Waals surface area contributed by atoms with Crippen LogP contribution in [0.3, 0.4) is 0 Å². The molecule has 88 valence electrons. The van der Waals surface area contributed by atoms with E-state index in [2.05, 4.69) is 15.5 Å². The molecule has 2 amide bonds. The summed E-state index contributed by atoms with van der Waals surface area (Å²) in [5.41, 5.74) is 0. The Balaban J connectivity index is 2.93. The number of carbonyl (C=O) groups is 2. The molecule has 0 atom stereocenters. The minimum atomic E-state index is -3.98. The highest BCUT2D eigenvalue weighted by Crippen LogP contribution is 2.19. The largest absolute Gasteiger partial charge is 0.301 e. The van der Waals surface area contributed by atoms with Gasteiger partial charge in [-0.05, 0) is 0 Å². The second-order valence-electron chi connectivity index (χ2n) is 2.72. The van der Waals surface area contributed by atoms with Crippen LogP contribution in [0.15, 0.2) is 4.34 Å². The van der Waals surface area contributed by atoms with Gasteiger partial charge < -0.3 is 5.32 Å². The normalized spacial score (nSPS) is 10.9. The van der Waals surface area contributed by atoms with Crippen LogP contribution in [0, 0.1) is 0 Å². The molecule has 1 aromatic heterocycles. The number of carbonyl (C=O) groups excluding carboxylic acids is 2. The van der Waals surface area contributed by atoms with Crippen LogP contribution in [0.2, 0.25) is 0 Å². The standard InChI is InChI=1S/C6H8N4O4S2/c1-3(11)7-5-8-9-6(15-5)16(13,14)10-4(2)12/h1-2H3,(H,10,12)(H,7,8,11). The number of hydrogen-bond acceptors (Lipinski definition) is 7. The Hall–Kier alpha value is -1.55. The maximum atomic E-state index is 11.4. The summed E-state index contributed by atoms with van der Waals surface area (Å²) in [6.45, 7) is 2.32. The number of aromatic nitrogens is 2. The van der Waals surface area contributed by atoms with E-state index in [1.54, 1.807) is 4.72 Å². The van der Waals surface area contributed by atoms with E-state index in [-0.39, 0.29) is 15.4 Å². The predicted octanol–water partition coefficient (Wildman–Crippen LogP) is -0.679. The maximum Gasteiger partial charge on any atom is 0.293 e. The molecule has 0 spiro atoms. The van der Waals surface area contributed by atoms with Gasteiger partial charge in [-0.15, -0.1) is 10.2 Å². The van der Waals surface area contributed by atoms with E-state index in [1.807, 2.05) is 0 Å². The molecule has 0 aromatic carbocycles. The van der Waals surface area contributed by atoms with Crippen molar-refractivity contribution < 1.29 is 18.0 Å². The quantitative estimate of drug-likeness (QED) is 0.698. The fourth-order valence-corrected chi connectivity index (χ4v) is 2.69. The summed E-state index contributed by atoms with van der Waals surface area (Å²) in [7, 11) is -3.98. The molecule has 1 rings (SSSR count). The topological polar surface area (TPSA) is 118 Å². The van der Waals surface area contributed by atoms with Crippen molar-refractivity contribution in [3.63, 3.8) is 0 Å². The first kappa shape index (κ1) is 12.5. The van der Waals surface area contributed by atoms with Gasteiger partial charge in [0.2, 0.25) is 16.9 Å². The van der Waals surface area contributed by atoms with E-state index in [1.165, 1.54) is 6.92 Å². The summed E-state index contributed by atoms with van der Waals surface area (Å²) in [5.74, 6) is -1.11. The van der Waals surface area contributed by atoms with Crippen molar-refractivity contribution in [2.45, 2.75) is 18.2 Å². The summed E-state index contributed by atoms with van der Waals surface area (Å²) in [6, 6.07) is 0. The lowest BCUT2D eigenvalue weighted by Gasteiger charge is -1.98. The number of rotatable bonds is 3. The molecule has 0 saturated carbocycles. The van der Waals surface area contributed by atoms with Gasteiger partial charge in [-0.2, -0.15) is 8.42 Å². The molecular formula is C6H8N4O4S2. The molecule has 0 bridgehead atoms. The van der Waals surface area contributed by atoms with Gasteiger partial charge in [0, 0.05) is 13.8 Å². The van der Waals surface area contributed by atoms with Crippen LogP contribution in [-0.2, 0) is 19.6 Å². The van der Waals surface area contributed by atoms with Crippen molar-refractivity contribution in [1.29, 1.82) is 0 Å². The highest BCUT2D eigenvalue weighted by Gasteiger charge is 2.21. The summed E-state index contributed by atoms with van der Waals surface area (Å²) in [5, 5.41) is 9.11. The highest BCUT2D eigenvalue weighted by molar-refractivity contribution is 7.92. The lowest BCUT2D eigenvalue weighted by Crippen LogP contribution is -2.28. The zero-order valence-corrected chi connectivity index (χ0v) is 9.98. The molecule has 10 heteroatoms. The molecule has 0 aliphatic carbocycles. The minimum absolute atomic E-state index is 0.0522. The SMILES string of the molecule is CC(=O)Nc1nnc(S(=O)(=O)NC(C)=O)s1. The Morgan fingerprint density at radius 3 is 2.31 bits per heavy atom. The highest BCUT2D eigenvalue weighted by atomic mass is 32.2. The van der Waals surface area contributed by atoms with Crippen molar-refractivity contribution in [3.05, 3.63) is 0 Å². The average molecular weight is 264 g/mol. The van der Waals surface area contributed by atoms with Gasteiger partial charge in [-0.1, -0.05) is 11.3 Å². The third kappa shape index (κ3) is 3.24. The van der Waals surface area contributed by atoms with Crippen LogP contribution >= 0.6 is 11.3 Å². The van der Waals surface area contributed by atoms with Crippen LogP contribution in [0.5, 0.6) is 0 Å². The first-order valence-electron chi connectivity index (χ1n) is 3.96. The second-order valence-corrected chi connectivity index (χ2v) is 5.55. The summed E-state index contributed by atoms with van der Waals surface area (Å²) >= 11 is 0.653. The number of hydrogen-bond donors (Lipinski definition) is 2. The van der Waals surface area contributed by atoms with Crippen molar-refractivity contribution in [2.24, 2.45) is 0 Å². The van der Waals surface area contributed by atoms with E-state index in [9.17, 15) is 18.0 Å². The molecule has 8 nitrogen and oxygen atoms in total. The predicted molar refractivity (Wildman–Crippen MR) is 55.2 cm³/mol. The lowest BCUT2D eigenvalue weighted by atomic mass is 10.7. The van der Waals surface area contributed by atoms with Gasteiger partial charge in [-0.25, -0.2) is 4.72 Å². The van der Waals surface area contributed by atoms with Gasteiger partial charge >= 0.3 is 0 Å². The van der Waals surface area contributed by atoms with Crippen molar-refractivity contribution in [2.75, 3.05) is 5.32 Å². The van der Waals surface area contributed by atoms with Crippen molar-refractivity contribution >= 4 is 38.3 Å². The molecule has 1 aromatic rings. The summed E-state index contributed by atoms with van der Waals surface area (Å²) < 4.78 is 24.2. The molecule has 1 heterocycles. The monoisotopic (exact) mass is 264 g/mol. The molecular weight excluding hydrogens is 256 g/mol. The summed E-state index contributed by atoms with van der Waals surface area (Å²) in [6.07, 6.45) is 0. The van der Waals surface area contributed by atoms with E-state index in [0.29, 0.717) is 11.3 Å². The number of anilines is 1. The molecule has 2 N–H and O–H groups in total. The van der Waals surface area contributed by atoms with Crippen LogP contribution in [0.1, 0.15) is 13.8 Å². The summed E-state index contributed by atoms with van der Waals surface area (Å²) in [4.78, 5) is 21.3. The van der Waals surface area contributed by atoms with Crippen LogP contribution in [0.25, 0.3) is 0 Å². The van der Waals surface area contributed by atoms with Crippen molar-refractivity contribution in [3.8, 4) is 0 Å². The fourth-order valence-electron chi connectivity index (χ4n) is 0.752. The Morgan fingerprint density at radius 2 is 1.81 bits per heavy atom. The Bertz CT molecular complexity index is 520. The maximum absolute atomic E-state index is 11.4. The van der Waals surface area contributed by atoms with E-state index < -0.39 is 15.9 Å². The van der Waals surface area contributed by atoms with Gasteiger partial charge in [0.1, 0.15) is 0 Å². The average Bonchev–Trinajstić information content (AvgIpc) is 2.49. The van der Waals surface area contributed by atoms with Gasteiger partial charge in [0.25, 0.3) is 14.4 Å². The minimum Gasteiger partial charge on any atom is -0.301 e. The smallest absolute Gasteiger partial charge is 0.293 e. The van der Waals surface area contributed by atoms with E-state index in [4.69, 9.17) is 0 Å². The first-order valence-corrected chi connectivity index (χ1v) is 6.25. The van der Waals surface area contributed by atoms with Crippen LogP contribution in [0.4, 0.5) is 5.13 Å². The molecule has 0 radical (unpaired) electrons. The van der Waals surface area contributed by atoms with Gasteiger partial charge in [-0.3, -0.25) is 9.59 Å². The lowest BCUT2D eigenvalue weighted by molar-refractivity contribution is -0.117. The zero-order chi connectivity index (χ0) is 12.3. The van der Waals surface area contributed by atoms with Gasteiger partial charge in [0.15, 0.2) is 0 Å². The molecule has 0 fully saturated rings. The van der Waals surface area contributed by atoms with E-state index in [0.717, 1.165) is 6.92 Å². The third-order valence-electron chi connectivity index (χ3n) is 1.20. The number of nitrogens with one attached hydrogen (secondary N) is 2. The van der Waals surface area contributed by atoms with E-state index >= 15 is 0 Å². The second kappa shape index (κ2) is 4.53. The fraction of sp³-hybridized carbons (Fsp3) is 0.333. The molecule has 0 aliphatic heterocycles. The first-order chi connectivity index (χ1) is 7.31. The molecule has 0 aliphatic rings. The molecule has 16 heavy (non-hydrogen) atoms. The number of sulfonamides is 1. The van der Waals surface area contributed by atoms with Crippen molar-refractivity contribution in [1.82, 2.24) is 14.9 Å². The number of amides is 2. The third-order valence-corrected chi connectivity index (χ3v) is 3.84. The molecule has 0 saturated heterocycles. The van der Waals surface area contributed by atoms with Gasteiger partial charge in [0.05, 0.1) is 0 Å². The Labute approximate surface area is 95.1 Å². The Morgan fingerprint density at radius 1 is 1.19 bits per heavy atom. The molecule has 0 unspecified atom stereocenters. The van der Waals surface area contributed by atoms with Crippen LogP contribution in [-0.4, -0.2) is 30.4 Å². The van der Waals surface area contributed by atoms with Crippen LogP contribution < -0.4 is 10.0 Å².